The molecule has 1 aromatic rings. The molecule has 20 heavy (non-hydrogen) atoms. The van der Waals surface area contributed by atoms with E-state index in [0.29, 0.717) is 6.42 Å². The maximum atomic E-state index is 11.9. The summed E-state index contributed by atoms with van der Waals surface area (Å²) in [6, 6.07) is 3.92. The summed E-state index contributed by atoms with van der Waals surface area (Å²) in [6.45, 7) is 0. The van der Waals surface area contributed by atoms with Crippen molar-refractivity contribution >= 4 is 39.0 Å². The van der Waals surface area contributed by atoms with Crippen LogP contribution in [0.1, 0.15) is 16.8 Å². The largest absolute Gasteiger partial charge is 0.478 e. The van der Waals surface area contributed by atoms with Crippen molar-refractivity contribution in [1.82, 2.24) is 0 Å². The standard InChI is InChI=1S/C12H12ClNO5S/c13-9-5-7(12(16)17)1-2-10(9)14-11(15)8-3-4-20(18,19)6-8/h1-2,5,8H,3-4,6H2,(H,14,15)(H,16,17). The number of halogens is 1. The smallest absolute Gasteiger partial charge is 0.335 e. The van der Waals surface area contributed by atoms with E-state index >= 15 is 0 Å². The van der Waals surface area contributed by atoms with Crippen molar-refractivity contribution in [2.45, 2.75) is 6.42 Å². The summed E-state index contributed by atoms with van der Waals surface area (Å²) in [5, 5.41) is 11.4. The molecule has 1 aromatic carbocycles. The Morgan fingerprint density at radius 1 is 1.35 bits per heavy atom. The Morgan fingerprint density at radius 3 is 2.55 bits per heavy atom. The number of carboxylic acid groups (broad SMARTS) is 1. The Kier molecular flexibility index (Phi) is 4.01. The van der Waals surface area contributed by atoms with E-state index in [9.17, 15) is 18.0 Å². The van der Waals surface area contributed by atoms with Crippen LogP contribution in [-0.4, -0.2) is 36.9 Å². The second kappa shape index (κ2) is 5.41. The van der Waals surface area contributed by atoms with Gasteiger partial charge in [-0.1, -0.05) is 11.6 Å². The predicted octanol–water partition coefficient (Wildman–Crippen LogP) is 1.41. The second-order valence-corrected chi connectivity index (χ2v) is 7.22. The van der Waals surface area contributed by atoms with E-state index in [1.165, 1.54) is 18.2 Å². The molecule has 1 unspecified atom stereocenters. The van der Waals surface area contributed by atoms with Gasteiger partial charge in [0.05, 0.1) is 33.7 Å². The molecule has 6 nitrogen and oxygen atoms in total. The SMILES string of the molecule is O=C(O)c1ccc(NC(=O)C2CCS(=O)(=O)C2)c(Cl)c1. The van der Waals surface area contributed by atoms with Crippen molar-refractivity contribution in [3.05, 3.63) is 28.8 Å². The van der Waals surface area contributed by atoms with Gasteiger partial charge in [0.2, 0.25) is 5.91 Å². The minimum atomic E-state index is -3.13. The van der Waals surface area contributed by atoms with Gasteiger partial charge in [-0.2, -0.15) is 0 Å². The highest BCUT2D eigenvalue weighted by Crippen LogP contribution is 2.25. The summed E-state index contributed by atoms with van der Waals surface area (Å²) in [7, 11) is -3.13. The van der Waals surface area contributed by atoms with Gasteiger partial charge >= 0.3 is 5.97 Å². The number of sulfone groups is 1. The Labute approximate surface area is 120 Å². The van der Waals surface area contributed by atoms with Gasteiger partial charge in [-0.15, -0.1) is 0 Å². The number of carbonyl (C=O) groups excluding carboxylic acids is 1. The van der Waals surface area contributed by atoms with Gasteiger partial charge in [-0.25, -0.2) is 13.2 Å². The number of hydrogen-bond acceptors (Lipinski definition) is 4. The first-order valence-corrected chi connectivity index (χ1v) is 8.02. The zero-order valence-electron chi connectivity index (χ0n) is 10.3. The van der Waals surface area contributed by atoms with Gasteiger partial charge in [0.1, 0.15) is 0 Å². The average Bonchev–Trinajstić information content (AvgIpc) is 2.72. The molecule has 2 rings (SSSR count). The molecule has 0 aromatic heterocycles. The molecule has 1 aliphatic rings. The average molecular weight is 318 g/mol. The summed E-state index contributed by atoms with van der Waals surface area (Å²) < 4.78 is 22.6. The number of benzene rings is 1. The van der Waals surface area contributed by atoms with Crippen LogP contribution in [0.15, 0.2) is 18.2 Å². The number of rotatable bonds is 3. The maximum absolute atomic E-state index is 11.9. The van der Waals surface area contributed by atoms with Gasteiger partial charge in [-0.05, 0) is 24.6 Å². The molecule has 0 bridgehead atoms. The van der Waals surface area contributed by atoms with Crippen LogP contribution >= 0.6 is 11.6 Å². The molecule has 108 valence electrons. The summed E-state index contributed by atoms with van der Waals surface area (Å²) in [4.78, 5) is 22.7. The first-order chi connectivity index (χ1) is 9.28. The first kappa shape index (κ1) is 14.8. The lowest BCUT2D eigenvalue weighted by molar-refractivity contribution is -0.119. The van der Waals surface area contributed by atoms with E-state index < -0.39 is 27.6 Å². The Bertz CT molecular complexity index is 670. The summed E-state index contributed by atoms with van der Waals surface area (Å²) in [5.41, 5.74) is 0.280. The summed E-state index contributed by atoms with van der Waals surface area (Å²) >= 11 is 5.88. The molecule has 8 heteroatoms. The zero-order valence-corrected chi connectivity index (χ0v) is 11.9. The summed E-state index contributed by atoms with van der Waals surface area (Å²) in [5.74, 6) is -2.28. The minimum absolute atomic E-state index is 0.0106. The fourth-order valence-electron chi connectivity index (χ4n) is 1.99. The van der Waals surface area contributed by atoms with Crippen molar-refractivity contribution in [3.8, 4) is 0 Å². The fourth-order valence-corrected chi connectivity index (χ4v) is 3.96. The highest BCUT2D eigenvalue weighted by molar-refractivity contribution is 7.91. The van der Waals surface area contributed by atoms with Crippen molar-refractivity contribution in [1.29, 1.82) is 0 Å². The minimum Gasteiger partial charge on any atom is -0.478 e. The van der Waals surface area contributed by atoms with E-state index in [-0.39, 0.29) is 27.8 Å². The van der Waals surface area contributed by atoms with E-state index in [4.69, 9.17) is 16.7 Å². The highest BCUT2D eigenvalue weighted by Gasteiger charge is 2.33. The summed E-state index contributed by atoms with van der Waals surface area (Å²) in [6.07, 6.45) is 0.291. The van der Waals surface area contributed by atoms with E-state index in [1.807, 2.05) is 0 Å². The monoisotopic (exact) mass is 317 g/mol. The van der Waals surface area contributed by atoms with Crippen molar-refractivity contribution in [2.24, 2.45) is 5.92 Å². The Hall–Kier alpha value is -1.60. The van der Waals surface area contributed by atoms with Crippen LogP contribution in [0.2, 0.25) is 5.02 Å². The van der Waals surface area contributed by atoms with Crippen LogP contribution in [0.5, 0.6) is 0 Å². The number of nitrogens with one attached hydrogen (secondary N) is 1. The molecule has 0 radical (unpaired) electrons. The molecule has 0 saturated carbocycles. The first-order valence-electron chi connectivity index (χ1n) is 5.82. The number of amides is 1. The van der Waals surface area contributed by atoms with E-state index in [1.54, 1.807) is 0 Å². The lowest BCUT2D eigenvalue weighted by Gasteiger charge is -2.11. The van der Waals surface area contributed by atoms with Gasteiger partial charge in [0.15, 0.2) is 9.84 Å². The lowest BCUT2D eigenvalue weighted by atomic mass is 10.1. The third-order valence-corrected chi connectivity index (χ3v) is 5.16. The number of hydrogen-bond donors (Lipinski definition) is 2. The van der Waals surface area contributed by atoms with Gasteiger partial charge in [0, 0.05) is 0 Å². The van der Waals surface area contributed by atoms with E-state index in [0.717, 1.165) is 0 Å². The van der Waals surface area contributed by atoms with Crippen LogP contribution in [0.25, 0.3) is 0 Å². The molecule has 1 fully saturated rings. The molecule has 0 aliphatic carbocycles. The molecule has 1 saturated heterocycles. The van der Waals surface area contributed by atoms with Crippen molar-refractivity contribution < 1.29 is 23.1 Å². The van der Waals surface area contributed by atoms with Gasteiger partial charge in [-0.3, -0.25) is 4.79 Å². The van der Waals surface area contributed by atoms with Crippen molar-refractivity contribution in [2.75, 3.05) is 16.8 Å². The van der Waals surface area contributed by atoms with Crippen LogP contribution < -0.4 is 5.32 Å². The molecule has 1 heterocycles. The van der Waals surface area contributed by atoms with Crippen molar-refractivity contribution in [3.63, 3.8) is 0 Å². The third kappa shape index (κ3) is 3.29. The number of aromatic carboxylic acids is 1. The van der Waals surface area contributed by atoms with Crippen LogP contribution in [-0.2, 0) is 14.6 Å². The molecule has 0 spiro atoms. The number of carbonyl (C=O) groups is 2. The van der Waals surface area contributed by atoms with Crippen LogP contribution in [0.3, 0.4) is 0 Å². The lowest BCUT2D eigenvalue weighted by Crippen LogP contribution is -2.23. The molecular weight excluding hydrogens is 306 g/mol. The molecule has 1 atom stereocenters. The second-order valence-electron chi connectivity index (χ2n) is 4.59. The van der Waals surface area contributed by atoms with Crippen LogP contribution in [0.4, 0.5) is 5.69 Å². The van der Waals surface area contributed by atoms with Gasteiger partial charge < -0.3 is 10.4 Å². The normalized spacial score (nSPS) is 20.6. The molecule has 2 N–H and O–H groups in total. The van der Waals surface area contributed by atoms with Crippen LogP contribution in [0, 0.1) is 5.92 Å². The fraction of sp³-hybridized carbons (Fsp3) is 0.333. The molecule has 1 amide bonds. The predicted molar refractivity (Wildman–Crippen MR) is 73.8 cm³/mol. The topological polar surface area (TPSA) is 101 Å². The third-order valence-electron chi connectivity index (χ3n) is 3.08. The number of carboxylic acids is 1. The zero-order chi connectivity index (χ0) is 14.9. The quantitative estimate of drug-likeness (QED) is 0.878. The highest BCUT2D eigenvalue weighted by atomic mass is 35.5. The Morgan fingerprint density at radius 2 is 2.05 bits per heavy atom. The number of anilines is 1. The van der Waals surface area contributed by atoms with Gasteiger partial charge in [0.25, 0.3) is 0 Å². The Balaban J connectivity index is 2.11. The maximum Gasteiger partial charge on any atom is 0.335 e. The van der Waals surface area contributed by atoms with E-state index in [2.05, 4.69) is 5.32 Å². The molecular formula is C12H12ClNO5S. The molecule has 1 aliphatic heterocycles.